The lowest BCUT2D eigenvalue weighted by Crippen LogP contribution is -2.53. The first-order chi connectivity index (χ1) is 15.5. The van der Waals surface area contributed by atoms with Crippen molar-refractivity contribution in [3.05, 3.63) is 42.2 Å². The summed E-state index contributed by atoms with van der Waals surface area (Å²) in [4.78, 5) is 28.0. The molecular formula is C23H27N7O2. The molecule has 1 aromatic carbocycles. The molecular weight excluding hydrogens is 406 g/mol. The van der Waals surface area contributed by atoms with Crippen LogP contribution in [0, 0.1) is 0 Å². The van der Waals surface area contributed by atoms with Crippen molar-refractivity contribution in [1.29, 1.82) is 0 Å². The number of aromatic nitrogens is 4. The van der Waals surface area contributed by atoms with Crippen LogP contribution in [-0.4, -0.2) is 80.3 Å². The monoisotopic (exact) mass is 433 g/mol. The second kappa shape index (κ2) is 7.83. The summed E-state index contributed by atoms with van der Waals surface area (Å²) >= 11 is 0. The van der Waals surface area contributed by atoms with E-state index in [-0.39, 0.29) is 6.04 Å². The summed E-state index contributed by atoms with van der Waals surface area (Å²) in [6.07, 6.45) is 1.72. The van der Waals surface area contributed by atoms with E-state index in [4.69, 9.17) is 4.98 Å². The Morgan fingerprint density at radius 3 is 2.88 bits per heavy atom. The van der Waals surface area contributed by atoms with Gasteiger partial charge in [-0.3, -0.25) is 4.90 Å². The van der Waals surface area contributed by atoms with Crippen LogP contribution in [0.2, 0.25) is 0 Å². The van der Waals surface area contributed by atoms with Crippen molar-refractivity contribution in [1.82, 2.24) is 29.3 Å². The van der Waals surface area contributed by atoms with Gasteiger partial charge in [-0.1, -0.05) is 24.3 Å². The number of piperazine rings is 1. The van der Waals surface area contributed by atoms with E-state index in [1.54, 1.807) is 6.33 Å². The molecule has 1 amide bonds. The molecule has 1 unspecified atom stereocenters. The zero-order valence-corrected chi connectivity index (χ0v) is 18.5. The number of amides is 1. The first-order valence-electron chi connectivity index (χ1n) is 10.7. The molecule has 0 spiro atoms. The second-order valence-electron chi connectivity index (χ2n) is 8.43. The van der Waals surface area contributed by atoms with E-state index in [1.807, 2.05) is 30.8 Å². The highest BCUT2D eigenvalue weighted by Gasteiger charge is 2.28. The molecule has 1 fully saturated rings. The number of rotatable bonds is 4. The molecule has 0 bridgehead atoms. The fourth-order valence-corrected chi connectivity index (χ4v) is 4.67. The van der Waals surface area contributed by atoms with Crippen LogP contribution in [0.4, 0.5) is 10.6 Å². The molecule has 1 atom stereocenters. The lowest BCUT2D eigenvalue weighted by Gasteiger charge is -2.38. The number of carboxylic acid groups (broad SMARTS) is 1. The van der Waals surface area contributed by atoms with Gasteiger partial charge in [0.05, 0.1) is 11.8 Å². The van der Waals surface area contributed by atoms with E-state index < -0.39 is 6.09 Å². The lowest BCUT2D eigenvalue weighted by atomic mass is 9.96. The van der Waals surface area contributed by atoms with Crippen molar-refractivity contribution in [3.63, 3.8) is 0 Å². The van der Waals surface area contributed by atoms with E-state index in [2.05, 4.69) is 45.4 Å². The van der Waals surface area contributed by atoms with Gasteiger partial charge in [-0.2, -0.15) is 0 Å². The smallest absolute Gasteiger partial charge is 0.407 e. The number of imidazole rings is 1. The molecule has 1 saturated heterocycles. The Morgan fingerprint density at radius 1 is 1.28 bits per heavy atom. The average molecular weight is 434 g/mol. The Labute approximate surface area is 185 Å². The maximum Gasteiger partial charge on any atom is 0.407 e. The fraction of sp³-hybridized carbons (Fsp3) is 0.348. The number of aromatic amines is 1. The van der Waals surface area contributed by atoms with Gasteiger partial charge in [0, 0.05) is 56.4 Å². The molecule has 0 radical (unpaired) electrons. The van der Waals surface area contributed by atoms with Gasteiger partial charge in [0.15, 0.2) is 5.82 Å². The lowest BCUT2D eigenvalue weighted by molar-refractivity contribution is 0.0833. The van der Waals surface area contributed by atoms with Crippen LogP contribution in [0.25, 0.3) is 33.3 Å². The number of hydrogen-bond acceptors (Lipinski definition) is 5. The van der Waals surface area contributed by atoms with E-state index in [9.17, 15) is 9.90 Å². The molecule has 5 rings (SSSR count). The fourth-order valence-electron chi connectivity index (χ4n) is 4.67. The van der Waals surface area contributed by atoms with Crippen LogP contribution in [0.1, 0.15) is 5.56 Å². The number of hydrogen-bond donors (Lipinski definition) is 3. The highest BCUT2D eigenvalue weighted by molar-refractivity contribution is 6.07. The number of nitrogens with zero attached hydrogens (tertiary/aromatic N) is 5. The van der Waals surface area contributed by atoms with Gasteiger partial charge in [0.25, 0.3) is 0 Å². The number of benzene rings is 1. The Bertz CT molecular complexity index is 1310. The van der Waals surface area contributed by atoms with Crippen molar-refractivity contribution >= 4 is 34.0 Å². The molecule has 1 aliphatic heterocycles. The number of nitrogens with one attached hydrogen (secondary N) is 2. The van der Waals surface area contributed by atoms with Crippen molar-refractivity contribution < 1.29 is 9.90 Å². The molecule has 9 heteroatoms. The third-order valence-corrected chi connectivity index (χ3v) is 6.48. The summed E-state index contributed by atoms with van der Waals surface area (Å²) in [7, 11) is 5.90. The summed E-state index contributed by atoms with van der Waals surface area (Å²) in [6.45, 7) is 1.79. The summed E-state index contributed by atoms with van der Waals surface area (Å²) < 4.78 is 2.02. The van der Waals surface area contributed by atoms with Gasteiger partial charge in [-0.15, -0.1) is 0 Å². The zero-order valence-electron chi connectivity index (χ0n) is 18.5. The predicted molar refractivity (Wildman–Crippen MR) is 125 cm³/mol. The highest BCUT2D eigenvalue weighted by atomic mass is 16.4. The minimum atomic E-state index is -0.849. The Balaban J connectivity index is 1.56. The molecule has 1 aliphatic rings. The number of fused-ring (bicyclic) bond motifs is 3. The second-order valence-corrected chi connectivity index (χ2v) is 8.43. The van der Waals surface area contributed by atoms with E-state index in [0.29, 0.717) is 13.1 Å². The molecule has 9 nitrogen and oxygen atoms in total. The van der Waals surface area contributed by atoms with Gasteiger partial charge in [0.1, 0.15) is 11.2 Å². The number of H-pyrrole nitrogens is 1. The van der Waals surface area contributed by atoms with Crippen LogP contribution in [-0.2, 0) is 13.5 Å². The Morgan fingerprint density at radius 2 is 2.09 bits per heavy atom. The Kier molecular flexibility index (Phi) is 4.97. The molecule has 4 heterocycles. The van der Waals surface area contributed by atoms with Crippen LogP contribution >= 0.6 is 0 Å². The third kappa shape index (κ3) is 3.34. The van der Waals surface area contributed by atoms with Crippen LogP contribution in [0.3, 0.4) is 0 Å². The van der Waals surface area contributed by atoms with Crippen molar-refractivity contribution in [2.75, 3.05) is 39.0 Å². The molecule has 0 saturated carbocycles. The van der Waals surface area contributed by atoms with Crippen molar-refractivity contribution in [2.45, 2.75) is 12.5 Å². The van der Waals surface area contributed by atoms with Crippen molar-refractivity contribution in [2.24, 2.45) is 7.05 Å². The summed E-state index contributed by atoms with van der Waals surface area (Å²) in [5, 5.41) is 13.6. The molecule has 32 heavy (non-hydrogen) atoms. The van der Waals surface area contributed by atoms with Crippen LogP contribution in [0.15, 0.2) is 36.7 Å². The third-order valence-electron chi connectivity index (χ3n) is 6.48. The molecule has 4 aromatic rings. The van der Waals surface area contributed by atoms with E-state index >= 15 is 0 Å². The molecule has 3 aromatic heterocycles. The summed E-state index contributed by atoms with van der Waals surface area (Å²) in [5.74, 6) is 0.743. The number of aryl methyl sites for hydroxylation is 1. The number of likely N-dealkylation sites (N-methyl/N-ethyl adjacent to an activating group) is 1. The highest BCUT2D eigenvalue weighted by Crippen LogP contribution is 2.33. The molecule has 0 aliphatic carbocycles. The summed E-state index contributed by atoms with van der Waals surface area (Å²) in [6, 6.07) is 10.6. The number of anilines is 1. The topological polar surface area (TPSA) is 102 Å². The standard InChI is InChI=1S/C23H27N7O2/c1-24-22-19-20(29(3)13-25-19)17-11-18(26-21(17)27-22)16-7-5-4-6-14(16)10-15-12-30(23(31)32)9-8-28(15)2/h4-7,11,13,15H,8-10,12H2,1-3H3,(H,31,32)(H2,24,26,27). The minimum absolute atomic E-state index is 0.128. The van der Waals surface area contributed by atoms with Gasteiger partial charge >= 0.3 is 6.09 Å². The van der Waals surface area contributed by atoms with Gasteiger partial charge in [-0.05, 0) is 25.1 Å². The quantitative estimate of drug-likeness (QED) is 0.457. The first kappa shape index (κ1) is 20.3. The number of carbonyl (C=O) groups is 1. The van der Waals surface area contributed by atoms with Crippen LogP contribution < -0.4 is 5.32 Å². The molecule has 166 valence electrons. The van der Waals surface area contributed by atoms with E-state index in [1.165, 1.54) is 10.5 Å². The summed E-state index contributed by atoms with van der Waals surface area (Å²) in [5.41, 5.74) is 5.96. The predicted octanol–water partition coefficient (Wildman–Crippen LogP) is 2.99. The maximum absolute atomic E-state index is 11.5. The minimum Gasteiger partial charge on any atom is -0.465 e. The maximum atomic E-state index is 11.5. The van der Waals surface area contributed by atoms with E-state index in [0.717, 1.165) is 52.1 Å². The van der Waals surface area contributed by atoms with Gasteiger partial charge < -0.3 is 24.9 Å². The first-order valence-corrected chi connectivity index (χ1v) is 10.7. The molecule has 3 N–H and O–H groups in total. The average Bonchev–Trinajstić information content (AvgIpc) is 3.38. The SMILES string of the molecule is CNc1nc2[nH]c(-c3ccccc3CC3CN(C(=O)O)CCN3C)cc2c2c1ncn2C. The largest absolute Gasteiger partial charge is 0.465 e. The van der Waals surface area contributed by atoms with Crippen LogP contribution in [0.5, 0.6) is 0 Å². The Hall–Kier alpha value is -3.59. The number of pyridine rings is 1. The normalized spacial score (nSPS) is 17.3. The zero-order chi connectivity index (χ0) is 22.4. The van der Waals surface area contributed by atoms with Gasteiger partial charge in [-0.25, -0.2) is 14.8 Å². The van der Waals surface area contributed by atoms with Crippen molar-refractivity contribution in [3.8, 4) is 11.3 Å². The van der Waals surface area contributed by atoms with Gasteiger partial charge in [0.2, 0.25) is 0 Å².